The summed E-state index contributed by atoms with van der Waals surface area (Å²) in [6.07, 6.45) is 0. The van der Waals surface area contributed by atoms with Crippen molar-refractivity contribution < 1.29 is 0 Å². The topological polar surface area (TPSA) is 15.3 Å². The molecule has 1 aliphatic heterocycles. The fourth-order valence-electron chi connectivity index (χ4n) is 1.75. The van der Waals surface area contributed by atoms with Crippen LogP contribution in [0.1, 0.15) is 5.56 Å². The maximum atomic E-state index is 5.99. The highest BCUT2D eigenvalue weighted by molar-refractivity contribution is 6.31. The summed E-state index contributed by atoms with van der Waals surface area (Å²) in [5.74, 6) is 0. The first-order valence-corrected chi connectivity index (χ1v) is 5.37. The Kier molecular flexibility index (Phi) is 7.16. The molecule has 1 aliphatic rings. The molecule has 1 N–H and O–H groups in total. The van der Waals surface area contributed by atoms with E-state index in [-0.39, 0.29) is 24.8 Å². The number of halogens is 3. The average Bonchev–Trinajstić information content (AvgIpc) is 2.23. The molecule has 1 heterocycles. The summed E-state index contributed by atoms with van der Waals surface area (Å²) < 4.78 is 0. The van der Waals surface area contributed by atoms with Crippen molar-refractivity contribution in [1.29, 1.82) is 0 Å². The number of rotatable bonds is 1. The molecule has 0 radical (unpaired) electrons. The first kappa shape index (κ1) is 15.9. The molecule has 0 amide bonds. The molecule has 1 aromatic rings. The van der Waals surface area contributed by atoms with Gasteiger partial charge in [-0.2, -0.15) is 0 Å². The molecule has 2 nitrogen and oxygen atoms in total. The molecule has 0 atom stereocenters. The number of benzene rings is 1. The van der Waals surface area contributed by atoms with Gasteiger partial charge in [-0.3, -0.25) is 0 Å². The van der Waals surface area contributed by atoms with Crippen LogP contribution in [-0.4, -0.2) is 26.2 Å². The summed E-state index contributed by atoms with van der Waals surface area (Å²) in [6, 6.07) is 6.24. The van der Waals surface area contributed by atoms with Crippen LogP contribution in [0, 0.1) is 6.92 Å². The molecule has 5 heteroatoms. The number of hydrogen-bond acceptors (Lipinski definition) is 2. The SMILES string of the molecule is Cc1cc(N2CCNCC2)ccc1Cl.Cl.Cl. The van der Waals surface area contributed by atoms with Gasteiger partial charge in [0.15, 0.2) is 0 Å². The largest absolute Gasteiger partial charge is 0.369 e. The van der Waals surface area contributed by atoms with E-state index in [4.69, 9.17) is 11.6 Å². The number of anilines is 1. The normalized spacial score (nSPS) is 15.0. The van der Waals surface area contributed by atoms with Gasteiger partial charge in [-0.25, -0.2) is 0 Å². The Balaban J connectivity index is 0.00000112. The lowest BCUT2D eigenvalue weighted by Gasteiger charge is -2.29. The number of piperazine rings is 1. The van der Waals surface area contributed by atoms with Gasteiger partial charge in [0.05, 0.1) is 0 Å². The quantitative estimate of drug-likeness (QED) is 0.852. The van der Waals surface area contributed by atoms with Gasteiger partial charge in [0, 0.05) is 36.9 Å². The summed E-state index contributed by atoms with van der Waals surface area (Å²) in [7, 11) is 0. The van der Waals surface area contributed by atoms with Crippen molar-refractivity contribution in [2.45, 2.75) is 6.92 Å². The first-order chi connectivity index (χ1) is 6.77. The lowest BCUT2D eigenvalue weighted by atomic mass is 10.2. The summed E-state index contributed by atoms with van der Waals surface area (Å²) >= 11 is 5.99. The molecule has 2 rings (SSSR count). The van der Waals surface area contributed by atoms with E-state index in [0.29, 0.717) is 0 Å². The first-order valence-electron chi connectivity index (χ1n) is 4.99. The fraction of sp³-hybridized carbons (Fsp3) is 0.455. The second-order valence-corrected chi connectivity index (χ2v) is 4.08. The van der Waals surface area contributed by atoms with Crippen LogP contribution in [0.2, 0.25) is 5.02 Å². The minimum Gasteiger partial charge on any atom is -0.369 e. The standard InChI is InChI=1S/C11H15ClN2.2ClH/c1-9-8-10(2-3-11(9)12)14-6-4-13-5-7-14;;/h2-3,8,13H,4-7H2,1H3;2*1H. The molecular formula is C11H17Cl3N2. The molecule has 92 valence electrons. The van der Waals surface area contributed by atoms with Crippen LogP contribution in [0.4, 0.5) is 5.69 Å². The highest BCUT2D eigenvalue weighted by Gasteiger charge is 2.10. The van der Waals surface area contributed by atoms with Gasteiger partial charge in [-0.15, -0.1) is 24.8 Å². The lowest BCUT2D eigenvalue weighted by molar-refractivity contribution is 0.589. The number of nitrogens with one attached hydrogen (secondary N) is 1. The number of nitrogens with zero attached hydrogens (tertiary/aromatic N) is 1. The zero-order valence-corrected chi connectivity index (χ0v) is 11.6. The zero-order valence-electron chi connectivity index (χ0n) is 9.20. The molecule has 0 aromatic heterocycles. The van der Waals surface area contributed by atoms with Crippen LogP contribution in [0.25, 0.3) is 0 Å². The Morgan fingerprint density at radius 1 is 1.19 bits per heavy atom. The third kappa shape index (κ3) is 3.70. The maximum Gasteiger partial charge on any atom is 0.0436 e. The molecule has 1 saturated heterocycles. The summed E-state index contributed by atoms with van der Waals surface area (Å²) in [5, 5.41) is 4.19. The van der Waals surface area contributed by atoms with Crippen LogP contribution in [-0.2, 0) is 0 Å². The van der Waals surface area contributed by atoms with Crippen molar-refractivity contribution >= 4 is 42.1 Å². The Morgan fingerprint density at radius 2 is 1.81 bits per heavy atom. The minimum atomic E-state index is 0. The van der Waals surface area contributed by atoms with Crippen LogP contribution in [0.15, 0.2) is 18.2 Å². The van der Waals surface area contributed by atoms with E-state index in [1.54, 1.807) is 0 Å². The van der Waals surface area contributed by atoms with Crippen LogP contribution in [0.5, 0.6) is 0 Å². The maximum absolute atomic E-state index is 5.99. The van der Waals surface area contributed by atoms with E-state index in [1.807, 2.05) is 13.0 Å². The number of hydrogen-bond donors (Lipinski definition) is 1. The highest BCUT2D eigenvalue weighted by Crippen LogP contribution is 2.22. The molecule has 1 fully saturated rings. The zero-order chi connectivity index (χ0) is 9.97. The average molecular weight is 284 g/mol. The monoisotopic (exact) mass is 282 g/mol. The summed E-state index contributed by atoms with van der Waals surface area (Å²) in [5.41, 5.74) is 2.44. The van der Waals surface area contributed by atoms with Crippen molar-refractivity contribution in [3.05, 3.63) is 28.8 Å². The highest BCUT2D eigenvalue weighted by atomic mass is 35.5. The third-order valence-corrected chi connectivity index (χ3v) is 3.05. The number of aryl methyl sites for hydroxylation is 1. The van der Waals surface area contributed by atoms with Crippen molar-refractivity contribution in [3.63, 3.8) is 0 Å². The molecule has 1 aromatic carbocycles. The Hall–Kier alpha value is -0.150. The van der Waals surface area contributed by atoms with E-state index in [9.17, 15) is 0 Å². The second-order valence-electron chi connectivity index (χ2n) is 3.67. The van der Waals surface area contributed by atoms with E-state index in [0.717, 1.165) is 36.8 Å². The molecule has 0 aliphatic carbocycles. The van der Waals surface area contributed by atoms with Gasteiger partial charge < -0.3 is 10.2 Å². The molecule has 16 heavy (non-hydrogen) atoms. The van der Waals surface area contributed by atoms with Crippen molar-refractivity contribution in [1.82, 2.24) is 5.32 Å². The summed E-state index contributed by atoms with van der Waals surface area (Å²) in [6.45, 7) is 6.36. The van der Waals surface area contributed by atoms with E-state index in [1.165, 1.54) is 5.69 Å². The van der Waals surface area contributed by atoms with Crippen LogP contribution in [0.3, 0.4) is 0 Å². The van der Waals surface area contributed by atoms with Crippen LogP contribution < -0.4 is 10.2 Å². The fourth-order valence-corrected chi connectivity index (χ4v) is 1.87. The van der Waals surface area contributed by atoms with Crippen LogP contribution >= 0.6 is 36.4 Å². The van der Waals surface area contributed by atoms with Gasteiger partial charge in [0.1, 0.15) is 0 Å². The third-order valence-electron chi connectivity index (χ3n) is 2.62. The van der Waals surface area contributed by atoms with Gasteiger partial charge in [-0.1, -0.05) is 11.6 Å². The van der Waals surface area contributed by atoms with Crippen molar-refractivity contribution in [3.8, 4) is 0 Å². The lowest BCUT2D eigenvalue weighted by Crippen LogP contribution is -2.43. The van der Waals surface area contributed by atoms with E-state index in [2.05, 4.69) is 22.3 Å². The van der Waals surface area contributed by atoms with Gasteiger partial charge in [0.2, 0.25) is 0 Å². The van der Waals surface area contributed by atoms with Gasteiger partial charge >= 0.3 is 0 Å². The van der Waals surface area contributed by atoms with E-state index < -0.39 is 0 Å². The minimum absolute atomic E-state index is 0. The predicted octanol–water partition coefficient (Wildman–Crippen LogP) is 2.90. The Bertz CT molecular complexity index is 325. The summed E-state index contributed by atoms with van der Waals surface area (Å²) in [4.78, 5) is 2.39. The van der Waals surface area contributed by atoms with Gasteiger partial charge in [0.25, 0.3) is 0 Å². The predicted molar refractivity (Wildman–Crippen MR) is 75.8 cm³/mol. The van der Waals surface area contributed by atoms with Crippen molar-refractivity contribution in [2.75, 3.05) is 31.1 Å². The van der Waals surface area contributed by atoms with Gasteiger partial charge in [-0.05, 0) is 30.7 Å². The second kappa shape index (κ2) is 7.23. The molecule has 0 saturated carbocycles. The molecule has 0 spiro atoms. The smallest absolute Gasteiger partial charge is 0.0436 e. The molecular weight excluding hydrogens is 266 g/mol. The molecule has 0 unspecified atom stereocenters. The Morgan fingerprint density at radius 3 is 2.38 bits per heavy atom. The Labute approximate surface area is 114 Å². The van der Waals surface area contributed by atoms with Crippen molar-refractivity contribution in [2.24, 2.45) is 0 Å². The molecule has 0 bridgehead atoms. The van der Waals surface area contributed by atoms with E-state index >= 15 is 0 Å².